The van der Waals surface area contributed by atoms with Crippen LogP contribution >= 0.6 is 43.2 Å². The molecule has 0 heterocycles. The molecule has 0 aromatic heterocycles. The molecule has 92 valence electrons. The van der Waals surface area contributed by atoms with Crippen LogP contribution in [0.15, 0.2) is 0 Å². The van der Waals surface area contributed by atoms with E-state index in [1.807, 2.05) is 0 Å². The zero-order valence-corrected chi connectivity index (χ0v) is 13.3. The summed E-state index contributed by atoms with van der Waals surface area (Å²) in [4.78, 5) is 0. The number of hydrogen-bond donors (Lipinski definition) is 0. The molecule has 0 fully saturated rings. The van der Waals surface area contributed by atoms with E-state index in [4.69, 9.17) is 0 Å². The second kappa shape index (κ2) is 15.4. The summed E-state index contributed by atoms with van der Waals surface area (Å²) in [6, 6.07) is 0. The quantitative estimate of drug-likeness (QED) is 0.331. The van der Waals surface area contributed by atoms with Gasteiger partial charge in [0, 0.05) is 23.0 Å². The van der Waals surface area contributed by atoms with Gasteiger partial charge in [-0.15, -0.1) is 0 Å². The van der Waals surface area contributed by atoms with Crippen molar-refractivity contribution in [1.29, 1.82) is 0 Å². The highest BCUT2D eigenvalue weighted by molar-refractivity contribution is 8.77. The normalized spacial score (nSPS) is 10.8. The van der Waals surface area contributed by atoms with E-state index in [0.717, 1.165) is 0 Å². The molecule has 0 aromatic carbocycles. The Hall–Kier alpha value is 1.40. The van der Waals surface area contributed by atoms with Gasteiger partial charge in [-0.2, -0.15) is 0 Å². The average molecular weight is 285 g/mol. The van der Waals surface area contributed by atoms with E-state index < -0.39 is 0 Å². The standard InChI is InChI=1S/C11H24S4/c1-3-5-8-12-14-10-7-11-15-13-9-6-4-2/h3-11H2,1-2H3. The Bertz CT molecular complexity index is 96.8. The van der Waals surface area contributed by atoms with E-state index in [0.29, 0.717) is 0 Å². The van der Waals surface area contributed by atoms with E-state index in [-0.39, 0.29) is 0 Å². The van der Waals surface area contributed by atoms with Crippen LogP contribution in [-0.4, -0.2) is 23.0 Å². The lowest BCUT2D eigenvalue weighted by Gasteiger charge is -2.01. The van der Waals surface area contributed by atoms with Gasteiger partial charge >= 0.3 is 0 Å². The Balaban J connectivity index is 2.81. The van der Waals surface area contributed by atoms with E-state index in [2.05, 4.69) is 57.0 Å². The van der Waals surface area contributed by atoms with Crippen LogP contribution in [0, 0.1) is 0 Å². The summed E-state index contributed by atoms with van der Waals surface area (Å²) in [5.74, 6) is 5.32. The topological polar surface area (TPSA) is 0 Å². The number of hydrogen-bond acceptors (Lipinski definition) is 4. The Kier molecular flexibility index (Phi) is 16.8. The van der Waals surface area contributed by atoms with Gasteiger partial charge < -0.3 is 0 Å². The van der Waals surface area contributed by atoms with Crippen molar-refractivity contribution in [3.05, 3.63) is 0 Å². The fraction of sp³-hybridized carbons (Fsp3) is 1.00. The minimum atomic E-state index is 1.33. The van der Waals surface area contributed by atoms with Crippen molar-refractivity contribution >= 4 is 43.2 Å². The maximum absolute atomic E-state index is 2.26. The Morgan fingerprint density at radius 1 is 0.533 bits per heavy atom. The minimum absolute atomic E-state index is 1.33. The maximum atomic E-state index is 2.26. The molecule has 0 aliphatic heterocycles. The summed E-state index contributed by atoms with van der Waals surface area (Å²) in [6.07, 6.45) is 6.78. The third kappa shape index (κ3) is 15.4. The van der Waals surface area contributed by atoms with Crippen LogP contribution in [-0.2, 0) is 0 Å². The van der Waals surface area contributed by atoms with Crippen molar-refractivity contribution in [2.45, 2.75) is 46.0 Å². The molecule has 0 N–H and O–H groups in total. The van der Waals surface area contributed by atoms with Gasteiger partial charge in [-0.05, 0) is 19.3 Å². The maximum Gasteiger partial charge on any atom is 0.00450 e. The van der Waals surface area contributed by atoms with Gasteiger partial charge in [-0.1, -0.05) is 69.9 Å². The molecule has 0 unspecified atom stereocenters. The summed E-state index contributed by atoms with van der Waals surface area (Å²) >= 11 is 0. The number of rotatable bonds is 12. The van der Waals surface area contributed by atoms with E-state index in [1.54, 1.807) is 0 Å². The van der Waals surface area contributed by atoms with Crippen LogP contribution in [0.3, 0.4) is 0 Å². The second-order valence-electron chi connectivity index (χ2n) is 3.35. The first kappa shape index (κ1) is 16.4. The zero-order chi connectivity index (χ0) is 11.2. The smallest absolute Gasteiger partial charge is 0.00450 e. The van der Waals surface area contributed by atoms with Gasteiger partial charge in [0.1, 0.15) is 0 Å². The molecular weight excluding hydrogens is 260 g/mol. The molecule has 0 aliphatic carbocycles. The van der Waals surface area contributed by atoms with E-state index >= 15 is 0 Å². The molecule has 0 nitrogen and oxygen atoms in total. The molecule has 0 atom stereocenters. The Morgan fingerprint density at radius 2 is 0.867 bits per heavy atom. The highest BCUT2D eigenvalue weighted by Crippen LogP contribution is 2.27. The molecule has 0 amide bonds. The second-order valence-corrected chi connectivity index (χ2v) is 8.75. The molecule has 0 radical (unpaired) electrons. The van der Waals surface area contributed by atoms with Crippen LogP contribution in [0.25, 0.3) is 0 Å². The van der Waals surface area contributed by atoms with Crippen molar-refractivity contribution in [3.8, 4) is 0 Å². The highest BCUT2D eigenvalue weighted by atomic mass is 33.1. The van der Waals surface area contributed by atoms with Crippen molar-refractivity contribution in [1.82, 2.24) is 0 Å². The largest absolute Gasteiger partial charge is 0.0942 e. The predicted molar refractivity (Wildman–Crippen MR) is 84.3 cm³/mol. The lowest BCUT2D eigenvalue weighted by Crippen LogP contribution is -1.82. The van der Waals surface area contributed by atoms with Gasteiger partial charge in [-0.3, -0.25) is 0 Å². The van der Waals surface area contributed by atoms with Crippen molar-refractivity contribution in [2.75, 3.05) is 23.0 Å². The summed E-state index contributed by atoms with van der Waals surface area (Å²) < 4.78 is 0. The fourth-order valence-electron chi connectivity index (χ4n) is 0.819. The van der Waals surface area contributed by atoms with Gasteiger partial charge in [0.05, 0.1) is 0 Å². The minimum Gasteiger partial charge on any atom is -0.0942 e. The monoisotopic (exact) mass is 284 g/mol. The Morgan fingerprint density at radius 3 is 1.20 bits per heavy atom. The molecule has 0 saturated carbocycles. The van der Waals surface area contributed by atoms with Crippen LogP contribution in [0.2, 0.25) is 0 Å². The van der Waals surface area contributed by atoms with Crippen LogP contribution in [0.5, 0.6) is 0 Å². The molecular formula is C11H24S4. The third-order valence-electron chi connectivity index (χ3n) is 1.78. The van der Waals surface area contributed by atoms with Crippen LogP contribution in [0.1, 0.15) is 46.0 Å². The molecule has 0 saturated heterocycles. The van der Waals surface area contributed by atoms with Crippen LogP contribution < -0.4 is 0 Å². The number of unbranched alkanes of at least 4 members (excludes halogenated alkanes) is 2. The first-order chi connectivity index (χ1) is 7.41. The predicted octanol–water partition coefficient (Wildman–Crippen LogP) is 5.74. The molecule has 0 aromatic rings. The fourth-order valence-corrected chi connectivity index (χ4v) is 5.64. The SMILES string of the molecule is CCCCSSCCCSSCCCC. The summed E-state index contributed by atoms with van der Waals surface area (Å²) in [5, 5.41) is 0. The summed E-state index contributed by atoms with van der Waals surface area (Å²) in [5.41, 5.74) is 0. The van der Waals surface area contributed by atoms with Gasteiger partial charge in [-0.25, -0.2) is 0 Å². The lowest BCUT2D eigenvalue weighted by atomic mass is 10.4. The first-order valence-electron chi connectivity index (χ1n) is 5.90. The van der Waals surface area contributed by atoms with Gasteiger partial charge in [0.2, 0.25) is 0 Å². The van der Waals surface area contributed by atoms with Gasteiger partial charge in [0.15, 0.2) is 0 Å². The zero-order valence-electron chi connectivity index (χ0n) is 10.00. The van der Waals surface area contributed by atoms with Crippen molar-refractivity contribution < 1.29 is 0 Å². The lowest BCUT2D eigenvalue weighted by molar-refractivity contribution is 0.898. The van der Waals surface area contributed by atoms with E-state index in [9.17, 15) is 0 Å². The summed E-state index contributed by atoms with van der Waals surface area (Å²) in [6.45, 7) is 4.52. The molecule has 0 spiro atoms. The van der Waals surface area contributed by atoms with Crippen molar-refractivity contribution in [3.63, 3.8) is 0 Å². The molecule has 0 bridgehead atoms. The van der Waals surface area contributed by atoms with Gasteiger partial charge in [0.25, 0.3) is 0 Å². The molecule has 15 heavy (non-hydrogen) atoms. The van der Waals surface area contributed by atoms with Crippen molar-refractivity contribution in [2.24, 2.45) is 0 Å². The third-order valence-corrected chi connectivity index (χ3v) is 6.94. The van der Waals surface area contributed by atoms with Crippen LogP contribution in [0.4, 0.5) is 0 Å². The summed E-state index contributed by atoms with van der Waals surface area (Å²) in [7, 11) is 8.21. The highest BCUT2D eigenvalue weighted by Gasteiger charge is 1.93. The van der Waals surface area contributed by atoms with E-state index in [1.165, 1.54) is 55.1 Å². The first-order valence-corrected chi connectivity index (χ1v) is 10.9. The molecule has 4 heteroatoms. The molecule has 0 aliphatic rings. The Labute approximate surface area is 112 Å². The average Bonchev–Trinajstić information content (AvgIpc) is 2.26. The molecule has 0 rings (SSSR count).